The van der Waals surface area contributed by atoms with Crippen molar-refractivity contribution in [2.75, 3.05) is 0 Å². The van der Waals surface area contributed by atoms with Gasteiger partial charge < -0.3 is 14.1 Å². The van der Waals surface area contributed by atoms with Crippen LogP contribution in [0.15, 0.2) is 27.4 Å². The van der Waals surface area contributed by atoms with Crippen molar-refractivity contribution in [2.24, 2.45) is 0 Å². The molecule has 0 aliphatic heterocycles. The molecule has 6 nitrogen and oxygen atoms in total. The third kappa shape index (κ3) is 3.00. The van der Waals surface area contributed by atoms with Crippen LogP contribution in [0.2, 0.25) is 5.02 Å². The van der Waals surface area contributed by atoms with Gasteiger partial charge in [-0.15, -0.1) is 11.3 Å². The molecule has 1 N–H and O–H groups in total. The number of nitrogens with one attached hydrogen (secondary N) is 1. The minimum Gasteiger partial charge on any atom is -0.449 e. The minimum atomic E-state index is -0.747. The van der Waals surface area contributed by atoms with Crippen molar-refractivity contribution >= 4 is 50.1 Å². The summed E-state index contributed by atoms with van der Waals surface area (Å²) in [6, 6.07) is 5.14. The maximum atomic E-state index is 12.6. The van der Waals surface area contributed by atoms with Crippen molar-refractivity contribution in [3.05, 3.63) is 61.2 Å². The van der Waals surface area contributed by atoms with Crippen LogP contribution in [0.5, 0.6) is 0 Å². The molecule has 1 atom stereocenters. The standard InChI is InChI=1S/C20H17ClN2O4S/c1-8-11(4)28-19-15(8)18(24)22-17(23-19)10(3)26-20(25)16-9(2)13-7-12(21)5-6-14(13)27-16/h5-7,10H,1-4H3,(H,22,23,24)/t10-/m1/s1. The normalized spacial score (nSPS) is 12.6. The molecule has 0 radical (unpaired) electrons. The zero-order chi connectivity index (χ0) is 20.2. The number of fused-ring (bicyclic) bond motifs is 2. The van der Waals surface area contributed by atoms with Crippen molar-refractivity contribution in [1.82, 2.24) is 9.97 Å². The summed E-state index contributed by atoms with van der Waals surface area (Å²) in [5.74, 6) is -0.224. The lowest BCUT2D eigenvalue weighted by atomic mass is 10.1. The Morgan fingerprint density at radius 2 is 2.04 bits per heavy atom. The first-order valence-corrected chi connectivity index (χ1v) is 9.85. The fourth-order valence-corrected chi connectivity index (χ4v) is 4.33. The van der Waals surface area contributed by atoms with Gasteiger partial charge in [-0.2, -0.15) is 0 Å². The molecule has 4 aromatic rings. The van der Waals surface area contributed by atoms with Crippen molar-refractivity contribution in [3.63, 3.8) is 0 Å². The number of carbonyl (C=O) groups is 1. The minimum absolute atomic E-state index is 0.107. The number of nitrogens with zero attached hydrogens (tertiary/aromatic N) is 1. The second-order valence-corrected chi connectivity index (χ2v) is 8.30. The Kier molecular flexibility index (Phi) is 4.51. The number of furan rings is 1. The average Bonchev–Trinajstić information content (AvgIpc) is 3.12. The fourth-order valence-electron chi connectivity index (χ4n) is 3.12. The Bertz CT molecular complexity index is 1300. The number of hydrogen-bond donors (Lipinski definition) is 1. The van der Waals surface area contributed by atoms with Gasteiger partial charge in [-0.05, 0) is 51.5 Å². The molecular weight excluding hydrogens is 400 g/mol. The molecule has 144 valence electrons. The molecule has 3 heterocycles. The quantitative estimate of drug-likeness (QED) is 0.462. The molecule has 4 rings (SSSR count). The first-order chi connectivity index (χ1) is 13.3. The third-order valence-electron chi connectivity index (χ3n) is 4.81. The van der Waals surface area contributed by atoms with Gasteiger partial charge in [-0.3, -0.25) is 4.79 Å². The number of H-pyrrole nitrogens is 1. The van der Waals surface area contributed by atoms with Crippen LogP contribution in [0.3, 0.4) is 0 Å². The number of carbonyl (C=O) groups excluding carboxylic acids is 1. The predicted octanol–water partition coefficient (Wildman–Crippen LogP) is 5.23. The maximum absolute atomic E-state index is 12.6. The van der Waals surface area contributed by atoms with E-state index in [1.807, 2.05) is 13.8 Å². The van der Waals surface area contributed by atoms with Gasteiger partial charge in [0.05, 0.1) is 5.39 Å². The number of esters is 1. The van der Waals surface area contributed by atoms with Crippen molar-refractivity contribution < 1.29 is 13.9 Å². The van der Waals surface area contributed by atoms with Crippen molar-refractivity contribution in [1.29, 1.82) is 0 Å². The molecule has 0 spiro atoms. The molecule has 0 aliphatic carbocycles. The van der Waals surface area contributed by atoms with E-state index < -0.39 is 12.1 Å². The Labute approximate surface area is 169 Å². The van der Waals surface area contributed by atoms with E-state index in [1.165, 1.54) is 11.3 Å². The SMILES string of the molecule is Cc1sc2nc([C@@H](C)OC(=O)c3oc4ccc(Cl)cc4c3C)[nH]c(=O)c2c1C. The van der Waals surface area contributed by atoms with E-state index in [2.05, 4.69) is 9.97 Å². The van der Waals surface area contributed by atoms with Gasteiger partial charge in [0, 0.05) is 20.8 Å². The summed E-state index contributed by atoms with van der Waals surface area (Å²) >= 11 is 7.46. The number of halogens is 1. The summed E-state index contributed by atoms with van der Waals surface area (Å²) in [4.78, 5) is 33.9. The highest BCUT2D eigenvalue weighted by Gasteiger charge is 2.23. The van der Waals surface area contributed by atoms with Crippen LogP contribution in [0.25, 0.3) is 21.2 Å². The smallest absolute Gasteiger partial charge is 0.375 e. The maximum Gasteiger partial charge on any atom is 0.375 e. The van der Waals surface area contributed by atoms with Gasteiger partial charge in [0.15, 0.2) is 11.9 Å². The van der Waals surface area contributed by atoms with Gasteiger partial charge >= 0.3 is 5.97 Å². The number of hydrogen-bond acceptors (Lipinski definition) is 6. The third-order valence-corrected chi connectivity index (χ3v) is 6.15. The summed E-state index contributed by atoms with van der Waals surface area (Å²) in [5, 5.41) is 1.89. The van der Waals surface area contributed by atoms with Crippen molar-refractivity contribution in [2.45, 2.75) is 33.8 Å². The number of ether oxygens (including phenoxy) is 1. The number of aryl methyl sites for hydroxylation is 3. The molecule has 0 saturated carbocycles. The van der Waals surface area contributed by atoms with Gasteiger partial charge in [0.1, 0.15) is 10.4 Å². The van der Waals surface area contributed by atoms with Crippen LogP contribution in [0.1, 0.15) is 45.4 Å². The lowest BCUT2D eigenvalue weighted by molar-refractivity contribution is 0.0285. The highest BCUT2D eigenvalue weighted by atomic mass is 35.5. The summed E-state index contributed by atoms with van der Waals surface area (Å²) in [5.41, 5.74) is 1.89. The van der Waals surface area contributed by atoms with E-state index in [0.717, 1.165) is 15.8 Å². The highest BCUT2D eigenvalue weighted by molar-refractivity contribution is 7.18. The van der Waals surface area contributed by atoms with Gasteiger partial charge in [-0.1, -0.05) is 11.6 Å². The number of thiophene rings is 1. The first-order valence-electron chi connectivity index (χ1n) is 8.65. The number of benzene rings is 1. The van der Waals surface area contributed by atoms with Crippen LogP contribution >= 0.6 is 22.9 Å². The zero-order valence-electron chi connectivity index (χ0n) is 15.7. The molecule has 0 unspecified atom stereocenters. The Morgan fingerprint density at radius 3 is 2.79 bits per heavy atom. The summed E-state index contributed by atoms with van der Waals surface area (Å²) < 4.78 is 11.2. The number of aromatic amines is 1. The van der Waals surface area contributed by atoms with Crippen LogP contribution in [-0.2, 0) is 4.74 Å². The molecule has 0 fully saturated rings. The van der Waals surface area contributed by atoms with Crippen LogP contribution < -0.4 is 5.56 Å². The second-order valence-electron chi connectivity index (χ2n) is 6.66. The second kappa shape index (κ2) is 6.76. The summed E-state index contributed by atoms with van der Waals surface area (Å²) in [7, 11) is 0. The summed E-state index contributed by atoms with van der Waals surface area (Å²) in [6.07, 6.45) is -0.747. The molecular formula is C20H17ClN2O4S. The molecule has 1 aromatic carbocycles. The molecule has 28 heavy (non-hydrogen) atoms. The molecule has 0 saturated heterocycles. The van der Waals surface area contributed by atoms with Crippen LogP contribution in [-0.4, -0.2) is 15.9 Å². The van der Waals surface area contributed by atoms with E-state index in [1.54, 1.807) is 32.0 Å². The van der Waals surface area contributed by atoms with Gasteiger partial charge in [-0.25, -0.2) is 9.78 Å². The van der Waals surface area contributed by atoms with Gasteiger partial charge in [0.25, 0.3) is 5.56 Å². The van der Waals surface area contributed by atoms with Crippen molar-refractivity contribution in [3.8, 4) is 0 Å². The molecule has 0 bridgehead atoms. The molecule has 3 aromatic heterocycles. The lowest BCUT2D eigenvalue weighted by Crippen LogP contribution is -2.17. The molecule has 0 amide bonds. The number of aromatic nitrogens is 2. The van der Waals surface area contributed by atoms with Gasteiger partial charge in [0.2, 0.25) is 5.76 Å². The summed E-state index contributed by atoms with van der Waals surface area (Å²) in [6.45, 7) is 7.27. The van der Waals surface area contributed by atoms with E-state index in [9.17, 15) is 9.59 Å². The van der Waals surface area contributed by atoms with E-state index in [-0.39, 0.29) is 11.3 Å². The van der Waals surface area contributed by atoms with E-state index >= 15 is 0 Å². The largest absolute Gasteiger partial charge is 0.449 e. The zero-order valence-corrected chi connectivity index (χ0v) is 17.2. The van der Waals surface area contributed by atoms with Crippen LogP contribution in [0, 0.1) is 20.8 Å². The fraction of sp³-hybridized carbons (Fsp3) is 0.250. The van der Waals surface area contributed by atoms with E-state index in [4.69, 9.17) is 20.8 Å². The highest BCUT2D eigenvalue weighted by Crippen LogP contribution is 2.30. The lowest BCUT2D eigenvalue weighted by Gasteiger charge is -2.11. The topological polar surface area (TPSA) is 85.2 Å². The molecule has 8 heteroatoms. The Balaban J connectivity index is 1.66. The predicted molar refractivity (Wildman–Crippen MR) is 110 cm³/mol. The first kappa shape index (κ1) is 18.7. The number of rotatable bonds is 3. The van der Waals surface area contributed by atoms with Crippen LogP contribution in [0.4, 0.5) is 0 Å². The molecule has 0 aliphatic rings. The Morgan fingerprint density at radius 1 is 1.29 bits per heavy atom. The average molecular weight is 417 g/mol. The Hall–Kier alpha value is -2.64. The van der Waals surface area contributed by atoms with E-state index in [0.29, 0.717) is 32.2 Å². The monoisotopic (exact) mass is 416 g/mol.